The van der Waals surface area contributed by atoms with Gasteiger partial charge in [-0.25, -0.2) is 0 Å². The third kappa shape index (κ3) is 2.02. The average Bonchev–Trinajstić information content (AvgIpc) is 2.75. The largest absolute Gasteiger partial charge is 0.469 e. The summed E-state index contributed by atoms with van der Waals surface area (Å²) in [6.45, 7) is 4.09. The summed E-state index contributed by atoms with van der Waals surface area (Å²) >= 11 is 0. The van der Waals surface area contributed by atoms with Gasteiger partial charge in [-0.2, -0.15) is 0 Å². The standard InChI is InChI=1S/C14H17NO/c1-3-11-4-6-12(7-5-11)14(15)13-8-9-16-10(13)2/h4-9,14H,3,15H2,1-2H3. The monoisotopic (exact) mass is 215 g/mol. The lowest BCUT2D eigenvalue weighted by atomic mass is 9.99. The first kappa shape index (κ1) is 11.0. The normalized spacial score (nSPS) is 12.7. The Labute approximate surface area is 96.1 Å². The third-order valence-corrected chi connectivity index (χ3v) is 2.98. The minimum absolute atomic E-state index is 0.0929. The molecule has 1 unspecified atom stereocenters. The molecule has 1 aromatic carbocycles. The lowest BCUT2D eigenvalue weighted by Crippen LogP contribution is -2.11. The molecular weight excluding hydrogens is 198 g/mol. The van der Waals surface area contributed by atoms with E-state index < -0.39 is 0 Å². The van der Waals surface area contributed by atoms with Crippen LogP contribution in [0.2, 0.25) is 0 Å². The van der Waals surface area contributed by atoms with Crippen molar-refractivity contribution in [3.8, 4) is 0 Å². The molecule has 0 radical (unpaired) electrons. The highest BCUT2D eigenvalue weighted by molar-refractivity contribution is 5.33. The van der Waals surface area contributed by atoms with Crippen LogP contribution in [0.5, 0.6) is 0 Å². The molecule has 0 saturated carbocycles. The molecule has 2 nitrogen and oxygen atoms in total. The lowest BCUT2D eigenvalue weighted by molar-refractivity contribution is 0.527. The summed E-state index contributed by atoms with van der Waals surface area (Å²) in [5.74, 6) is 0.895. The molecule has 84 valence electrons. The molecule has 2 rings (SSSR count). The maximum absolute atomic E-state index is 6.19. The molecule has 0 aliphatic rings. The zero-order chi connectivity index (χ0) is 11.5. The molecule has 1 aromatic heterocycles. The number of nitrogens with two attached hydrogens (primary N) is 1. The molecule has 0 aliphatic heterocycles. The second-order valence-corrected chi connectivity index (χ2v) is 4.00. The average molecular weight is 215 g/mol. The molecule has 2 N–H and O–H groups in total. The Hall–Kier alpha value is -1.54. The number of furan rings is 1. The van der Waals surface area contributed by atoms with Crippen LogP contribution in [-0.4, -0.2) is 0 Å². The van der Waals surface area contributed by atoms with E-state index in [-0.39, 0.29) is 6.04 Å². The van der Waals surface area contributed by atoms with Crippen molar-refractivity contribution in [3.63, 3.8) is 0 Å². The second kappa shape index (κ2) is 4.54. The van der Waals surface area contributed by atoms with Gasteiger partial charge in [0.2, 0.25) is 0 Å². The van der Waals surface area contributed by atoms with Crippen molar-refractivity contribution in [2.45, 2.75) is 26.3 Å². The first-order valence-corrected chi connectivity index (χ1v) is 5.60. The molecule has 0 bridgehead atoms. The van der Waals surface area contributed by atoms with Gasteiger partial charge in [-0.15, -0.1) is 0 Å². The Balaban J connectivity index is 2.27. The van der Waals surface area contributed by atoms with Crippen LogP contribution in [0.15, 0.2) is 41.0 Å². The van der Waals surface area contributed by atoms with E-state index in [1.165, 1.54) is 5.56 Å². The van der Waals surface area contributed by atoms with Crippen molar-refractivity contribution in [1.82, 2.24) is 0 Å². The first-order chi connectivity index (χ1) is 7.72. The van der Waals surface area contributed by atoms with Gasteiger partial charge >= 0.3 is 0 Å². The zero-order valence-electron chi connectivity index (χ0n) is 9.73. The summed E-state index contributed by atoms with van der Waals surface area (Å²) in [6.07, 6.45) is 2.74. The van der Waals surface area contributed by atoms with E-state index in [2.05, 4.69) is 31.2 Å². The van der Waals surface area contributed by atoms with Crippen LogP contribution in [0.1, 0.15) is 35.4 Å². The molecule has 0 aliphatic carbocycles. The van der Waals surface area contributed by atoms with Crippen LogP contribution in [0.25, 0.3) is 0 Å². The van der Waals surface area contributed by atoms with E-state index in [0.717, 1.165) is 23.3 Å². The van der Waals surface area contributed by atoms with Gasteiger partial charge in [0.1, 0.15) is 5.76 Å². The van der Waals surface area contributed by atoms with Gasteiger partial charge in [0.15, 0.2) is 0 Å². The fourth-order valence-electron chi connectivity index (χ4n) is 1.86. The predicted molar refractivity (Wildman–Crippen MR) is 65.3 cm³/mol. The molecule has 2 heteroatoms. The molecule has 0 spiro atoms. The molecule has 1 heterocycles. The molecule has 0 saturated heterocycles. The predicted octanol–water partition coefficient (Wildman–Crippen LogP) is 3.20. The van der Waals surface area contributed by atoms with E-state index in [4.69, 9.17) is 10.2 Å². The summed E-state index contributed by atoms with van der Waals surface area (Å²) in [5.41, 5.74) is 9.71. The molecule has 1 atom stereocenters. The smallest absolute Gasteiger partial charge is 0.105 e. The maximum Gasteiger partial charge on any atom is 0.105 e. The Bertz CT molecular complexity index is 456. The number of benzene rings is 1. The van der Waals surface area contributed by atoms with E-state index in [9.17, 15) is 0 Å². The molecular formula is C14H17NO. The minimum Gasteiger partial charge on any atom is -0.469 e. The van der Waals surface area contributed by atoms with Crippen molar-refractivity contribution < 1.29 is 4.42 Å². The fraction of sp³-hybridized carbons (Fsp3) is 0.286. The molecule has 0 amide bonds. The van der Waals surface area contributed by atoms with Crippen LogP contribution in [-0.2, 0) is 6.42 Å². The topological polar surface area (TPSA) is 39.2 Å². The van der Waals surface area contributed by atoms with Gasteiger partial charge in [0, 0.05) is 5.56 Å². The van der Waals surface area contributed by atoms with Gasteiger partial charge < -0.3 is 10.2 Å². The Morgan fingerprint density at radius 3 is 2.38 bits per heavy atom. The van der Waals surface area contributed by atoms with Crippen LogP contribution < -0.4 is 5.73 Å². The van der Waals surface area contributed by atoms with Gasteiger partial charge in [0.25, 0.3) is 0 Å². The number of aryl methyl sites for hydroxylation is 2. The highest BCUT2D eigenvalue weighted by Crippen LogP contribution is 2.23. The van der Waals surface area contributed by atoms with Crippen molar-refractivity contribution in [2.24, 2.45) is 5.73 Å². The molecule has 16 heavy (non-hydrogen) atoms. The van der Waals surface area contributed by atoms with Gasteiger partial charge in [-0.05, 0) is 30.5 Å². The van der Waals surface area contributed by atoms with Crippen LogP contribution >= 0.6 is 0 Å². The third-order valence-electron chi connectivity index (χ3n) is 2.98. The van der Waals surface area contributed by atoms with Crippen LogP contribution in [0.4, 0.5) is 0 Å². The van der Waals surface area contributed by atoms with E-state index in [0.29, 0.717) is 0 Å². The summed E-state index contributed by atoms with van der Waals surface area (Å²) in [4.78, 5) is 0. The van der Waals surface area contributed by atoms with Crippen molar-refractivity contribution in [3.05, 3.63) is 59.0 Å². The van der Waals surface area contributed by atoms with Crippen molar-refractivity contribution in [1.29, 1.82) is 0 Å². The van der Waals surface area contributed by atoms with Crippen molar-refractivity contribution in [2.75, 3.05) is 0 Å². The Morgan fingerprint density at radius 2 is 1.88 bits per heavy atom. The highest BCUT2D eigenvalue weighted by atomic mass is 16.3. The maximum atomic E-state index is 6.19. The summed E-state index contributed by atoms with van der Waals surface area (Å²) in [5, 5.41) is 0. The fourth-order valence-corrected chi connectivity index (χ4v) is 1.86. The lowest BCUT2D eigenvalue weighted by Gasteiger charge is -2.11. The van der Waals surface area contributed by atoms with Crippen LogP contribution in [0.3, 0.4) is 0 Å². The summed E-state index contributed by atoms with van der Waals surface area (Å²) in [6, 6.07) is 10.3. The Morgan fingerprint density at radius 1 is 1.19 bits per heavy atom. The van der Waals surface area contributed by atoms with E-state index in [1.54, 1.807) is 6.26 Å². The quantitative estimate of drug-likeness (QED) is 0.854. The van der Waals surface area contributed by atoms with Crippen molar-refractivity contribution >= 4 is 0 Å². The molecule has 2 aromatic rings. The van der Waals surface area contributed by atoms with Crippen LogP contribution in [0, 0.1) is 6.92 Å². The highest BCUT2D eigenvalue weighted by Gasteiger charge is 2.12. The summed E-state index contributed by atoms with van der Waals surface area (Å²) < 4.78 is 5.27. The zero-order valence-corrected chi connectivity index (χ0v) is 9.73. The first-order valence-electron chi connectivity index (χ1n) is 5.60. The Kier molecular flexibility index (Phi) is 3.11. The van der Waals surface area contributed by atoms with E-state index in [1.807, 2.05) is 13.0 Å². The van der Waals surface area contributed by atoms with E-state index >= 15 is 0 Å². The number of hydrogen-bond donors (Lipinski definition) is 1. The number of rotatable bonds is 3. The molecule has 0 fully saturated rings. The SMILES string of the molecule is CCc1ccc(C(N)c2ccoc2C)cc1. The summed E-state index contributed by atoms with van der Waals surface area (Å²) in [7, 11) is 0. The van der Waals surface area contributed by atoms with Gasteiger partial charge in [-0.1, -0.05) is 31.2 Å². The van der Waals surface area contributed by atoms with Gasteiger partial charge in [-0.3, -0.25) is 0 Å². The number of hydrogen-bond acceptors (Lipinski definition) is 2. The van der Waals surface area contributed by atoms with Gasteiger partial charge in [0.05, 0.1) is 12.3 Å². The minimum atomic E-state index is -0.0929. The second-order valence-electron chi connectivity index (χ2n) is 4.00.